The number of amides is 1. The van der Waals surface area contributed by atoms with Gasteiger partial charge in [0, 0.05) is 24.8 Å². The first kappa shape index (κ1) is 14.0. The second-order valence-corrected chi connectivity index (χ2v) is 5.09. The Labute approximate surface area is 113 Å². The molecule has 1 atom stereocenters. The van der Waals surface area contributed by atoms with Crippen molar-refractivity contribution in [3.05, 3.63) is 29.8 Å². The van der Waals surface area contributed by atoms with Gasteiger partial charge in [0.2, 0.25) is 5.91 Å². The first-order valence-corrected chi connectivity index (χ1v) is 6.79. The maximum Gasteiger partial charge on any atom is 0.227 e. The molecule has 0 bridgehead atoms. The van der Waals surface area contributed by atoms with Crippen molar-refractivity contribution in [1.82, 2.24) is 0 Å². The number of nitrogens with one attached hydrogen (secondary N) is 1. The van der Waals surface area contributed by atoms with Gasteiger partial charge >= 0.3 is 0 Å². The second kappa shape index (κ2) is 6.68. The van der Waals surface area contributed by atoms with Gasteiger partial charge in [0.05, 0.1) is 6.61 Å². The Kier molecular flexibility index (Phi) is 4.93. The van der Waals surface area contributed by atoms with Crippen LogP contribution in [0.2, 0.25) is 0 Å². The number of aliphatic hydroxyl groups excluding tert-OH is 1. The molecule has 4 heteroatoms. The lowest BCUT2D eigenvalue weighted by Crippen LogP contribution is -2.30. The highest BCUT2D eigenvalue weighted by Crippen LogP contribution is 2.24. The zero-order valence-electron chi connectivity index (χ0n) is 11.3. The van der Waals surface area contributed by atoms with E-state index in [1.54, 1.807) is 6.07 Å². The van der Waals surface area contributed by atoms with Crippen LogP contribution in [0.5, 0.6) is 0 Å². The number of hydrogen-bond donors (Lipinski definition) is 2. The number of hydrogen-bond acceptors (Lipinski definition) is 3. The number of aliphatic hydroxyl groups is 1. The normalized spacial score (nSPS) is 18.0. The predicted octanol–water partition coefficient (Wildman–Crippen LogP) is 2.18. The second-order valence-electron chi connectivity index (χ2n) is 5.09. The highest BCUT2D eigenvalue weighted by Gasteiger charge is 2.25. The fourth-order valence-electron chi connectivity index (χ4n) is 2.43. The molecule has 1 aromatic carbocycles. The van der Waals surface area contributed by atoms with Gasteiger partial charge in [-0.2, -0.15) is 0 Å². The molecule has 1 fully saturated rings. The summed E-state index contributed by atoms with van der Waals surface area (Å²) in [7, 11) is 0. The molecule has 0 aliphatic carbocycles. The van der Waals surface area contributed by atoms with Gasteiger partial charge in [0.1, 0.15) is 0 Å². The van der Waals surface area contributed by atoms with Crippen molar-refractivity contribution in [3.63, 3.8) is 0 Å². The van der Waals surface area contributed by atoms with Gasteiger partial charge in [-0.1, -0.05) is 19.1 Å². The Morgan fingerprint density at radius 3 is 2.89 bits per heavy atom. The van der Waals surface area contributed by atoms with Crippen LogP contribution in [0.15, 0.2) is 24.3 Å². The van der Waals surface area contributed by atoms with Crippen molar-refractivity contribution >= 4 is 11.6 Å². The summed E-state index contributed by atoms with van der Waals surface area (Å²) in [6, 6.07) is 7.31. The van der Waals surface area contributed by atoms with Crippen LogP contribution < -0.4 is 5.32 Å². The summed E-state index contributed by atoms with van der Waals surface area (Å²) < 4.78 is 5.32. The highest BCUT2D eigenvalue weighted by atomic mass is 16.5. The Morgan fingerprint density at radius 1 is 1.47 bits per heavy atom. The minimum Gasteiger partial charge on any atom is -0.392 e. The van der Waals surface area contributed by atoms with Crippen molar-refractivity contribution in [2.75, 3.05) is 18.5 Å². The molecule has 1 saturated heterocycles. The fraction of sp³-hybridized carbons (Fsp3) is 0.533. The lowest BCUT2D eigenvalue weighted by Gasteiger charge is -2.27. The number of rotatable bonds is 4. The number of anilines is 1. The van der Waals surface area contributed by atoms with E-state index in [-0.39, 0.29) is 18.4 Å². The smallest absolute Gasteiger partial charge is 0.227 e. The molecule has 0 aromatic heterocycles. The summed E-state index contributed by atoms with van der Waals surface area (Å²) in [5.41, 5.74) is 1.55. The molecule has 0 radical (unpaired) electrons. The third-order valence-corrected chi connectivity index (χ3v) is 3.76. The van der Waals surface area contributed by atoms with E-state index in [9.17, 15) is 4.79 Å². The van der Waals surface area contributed by atoms with Crippen LogP contribution >= 0.6 is 0 Å². The molecule has 0 saturated carbocycles. The van der Waals surface area contributed by atoms with Gasteiger partial charge < -0.3 is 15.2 Å². The molecule has 1 aliphatic rings. The van der Waals surface area contributed by atoms with Gasteiger partial charge in [-0.15, -0.1) is 0 Å². The lowest BCUT2D eigenvalue weighted by molar-refractivity contribution is -0.122. The molecule has 104 valence electrons. The number of ether oxygens (including phenoxy) is 1. The minimum absolute atomic E-state index is 0.0123. The van der Waals surface area contributed by atoms with Gasteiger partial charge in [-0.3, -0.25) is 4.79 Å². The van der Waals surface area contributed by atoms with Crippen molar-refractivity contribution in [1.29, 1.82) is 0 Å². The molecule has 1 aliphatic heterocycles. The van der Waals surface area contributed by atoms with Crippen LogP contribution in [0.3, 0.4) is 0 Å². The average Bonchev–Trinajstić information content (AvgIpc) is 2.47. The molecule has 1 unspecified atom stereocenters. The Bertz CT molecular complexity index is 427. The van der Waals surface area contributed by atoms with Crippen LogP contribution in [0.4, 0.5) is 5.69 Å². The van der Waals surface area contributed by atoms with E-state index < -0.39 is 0 Å². The third-order valence-electron chi connectivity index (χ3n) is 3.76. The van der Waals surface area contributed by atoms with Crippen LogP contribution in [-0.4, -0.2) is 24.2 Å². The molecule has 0 spiro atoms. The fourth-order valence-corrected chi connectivity index (χ4v) is 2.43. The summed E-state index contributed by atoms with van der Waals surface area (Å²) in [6.45, 7) is 3.46. The van der Waals surface area contributed by atoms with E-state index in [4.69, 9.17) is 9.84 Å². The topological polar surface area (TPSA) is 58.6 Å². The van der Waals surface area contributed by atoms with E-state index in [1.165, 1.54) is 0 Å². The lowest BCUT2D eigenvalue weighted by atomic mass is 9.87. The molecule has 2 N–H and O–H groups in total. The molecule has 4 nitrogen and oxygen atoms in total. The van der Waals surface area contributed by atoms with E-state index in [0.29, 0.717) is 5.92 Å². The standard InChI is InChI=1S/C15H21NO3/c1-11(13-5-7-19-8-6-13)15(18)16-14-4-2-3-12(9-14)10-17/h2-4,9,11,13,17H,5-8,10H2,1H3,(H,16,18). The first-order chi connectivity index (χ1) is 9.20. The van der Waals surface area contributed by atoms with Crippen molar-refractivity contribution in [2.45, 2.75) is 26.4 Å². The van der Waals surface area contributed by atoms with Gasteiger partial charge in [0.15, 0.2) is 0 Å². The van der Waals surface area contributed by atoms with Gasteiger partial charge in [-0.05, 0) is 36.5 Å². The van der Waals surface area contributed by atoms with Crippen molar-refractivity contribution in [2.24, 2.45) is 11.8 Å². The maximum absolute atomic E-state index is 12.2. The van der Waals surface area contributed by atoms with Gasteiger partial charge in [0.25, 0.3) is 0 Å². The van der Waals surface area contributed by atoms with E-state index in [1.807, 2.05) is 25.1 Å². The highest BCUT2D eigenvalue weighted by molar-refractivity contribution is 5.92. The number of carbonyl (C=O) groups excluding carboxylic acids is 1. The quantitative estimate of drug-likeness (QED) is 0.875. The summed E-state index contributed by atoms with van der Waals surface area (Å²) in [6.07, 6.45) is 1.90. The van der Waals surface area contributed by atoms with Crippen molar-refractivity contribution in [3.8, 4) is 0 Å². The summed E-state index contributed by atoms with van der Waals surface area (Å²) in [4.78, 5) is 12.2. The first-order valence-electron chi connectivity index (χ1n) is 6.79. The number of benzene rings is 1. The van der Waals surface area contributed by atoms with Crippen LogP contribution in [0.1, 0.15) is 25.3 Å². The monoisotopic (exact) mass is 263 g/mol. The molecular formula is C15H21NO3. The zero-order valence-corrected chi connectivity index (χ0v) is 11.3. The molecule has 19 heavy (non-hydrogen) atoms. The van der Waals surface area contributed by atoms with Crippen molar-refractivity contribution < 1.29 is 14.6 Å². The minimum atomic E-state index is -0.0147. The largest absolute Gasteiger partial charge is 0.392 e. The van der Waals surface area contributed by atoms with Crippen LogP contribution in [0, 0.1) is 11.8 Å². The molecule has 2 rings (SSSR count). The Balaban J connectivity index is 1.95. The third kappa shape index (κ3) is 3.78. The van der Waals surface area contributed by atoms with E-state index in [0.717, 1.165) is 37.3 Å². The Morgan fingerprint density at radius 2 is 2.21 bits per heavy atom. The molecule has 1 aromatic rings. The van der Waals surface area contributed by atoms with Crippen LogP contribution in [0.25, 0.3) is 0 Å². The summed E-state index contributed by atoms with van der Waals surface area (Å²) >= 11 is 0. The number of carbonyl (C=O) groups is 1. The Hall–Kier alpha value is -1.39. The van der Waals surface area contributed by atoms with E-state index in [2.05, 4.69) is 5.32 Å². The molecular weight excluding hydrogens is 242 g/mol. The zero-order chi connectivity index (χ0) is 13.7. The van der Waals surface area contributed by atoms with E-state index >= 15 is 0 Å². The SMILES string of the molecule is CC(C(=O)Nc1cccc(CO)c1)C1CCOCC1. The summed E-state index contributed by atoms with van der Waals surface area (Å²) in [5, 5.41) is 12.0. The van der Waals surface area contributed by atoms with Crippen LogP contribution in [-0.2, 0) is 16.1 Å². The van der Waals surface area contributed by atoms with Gasteiger partial charge in [-0.25, -0.2) is 0 Å². The predicted molar refractivity (Wildman–Crippen MR) is 73.7 cm³/mol. The molecule has 1 heterocycles. The summed E-state index contributed by atoms with van der Waals surface area (Å²) in [5.74, 6) is 0.429. The maximum atomic E-state index is 12.2. The molecule has 1 amide bonds. The average molecular weight is 263 g/mol.